The van der Waals surface area contributed by atoms with Crippen LogP contribution >= 0.6 is 0 Å². The van der Waals surface area contributed by atoms with E-state index in [0.717, 1.165) is 44.8 Å². The Morgan fingerprint density at radius 1 is 1.32 bits per heavy atom. The van der Waals surface area contributed by atoms with Gasteiger partial charge in [0.2, 0.25) is 5.91 Å². The summed E-state index contributed by atoms with van der Waals surface area (Å²) in [5.41, 5.74) is 0.184. The maximum absolute atomic E-state index is 11.6. The molecular weight excluding hydrogens is 240 g/mol. The van der Waals surface area contributed by atoms with E-state index in [0.29, 0.717) is 0 Å². The second-order valence-electron chi connectivity index (χ2n) is 5.88. The molecule has 0 bridgehead atoms. The van der Waals surface area contributed by atoms with Crippen LogP contribution in [0.15, 0.2) is 12.4 Å². The van der Waals surface area contributed by atoms with Crippen LogP contribution in [0.5, 0.6) is 0 Å². The first-order valence-electron chi connectivity index (χ1n) is 7.07. The average Bonchev–Trinajstić information content (AvgIpc) is 2.74. The lowest BCUT2D eigenvalue weighted by Crippen LogP contribution is -2.65. The van der Waals surface area contributed by atoms with Crippen molar-refractivity contribution >= 4 is 5.91 Å². The van der Waals surface area contributed by atoms with Gasteiger partial charge in [0.05, 0.1) is 6.54 Å². The van der Waals surface area contributed by atoms with Gasteiger partial charge in [0.1, 0.15) is 5.82 Å². The molecule has 104 valence electrons. The van der Waals surface area contributed by atoms with Crippen molar-refractivity contribution in [1.82, 2.24) is 19.4 Å². The summed E-state index contributed by atoms with van der Waals surface area (Å²) in [5.74, 6) is 1.36. The van der Waals surface area contributed by atoms with Crippen LogP contribution in [0, 0.1) is 0 Å². The highest BCUT2D eigenvalue weighted by Gasteiger charge is 2.47. The minimum absolute atomic E-state index is 0.184. The summed E-state index contributed by atoms with van der Waals surface area (Å²) in [7, 11) is 2.04. The van der Waals surface area contributed by atoms with E-state index in [1.165, 1.54) is 6.42 Å². The fourth-order valence-corrected chi connectivity index (χ4v) is 3.43. The summed E-state index contributed by atoms with van der Waals surface area (Å²) in [6.45, 7) is 5.70. The first-order valence-corrected chi connectivity index (χ1v) is 7.07. The van der Waals surface area contributed by atoms with E-state index in [1.807, 2.05) is 19.4 Å². The Bertz CT molecular complexity index is 474. The van der Waals surface area contributed by atoms with E-state index in [2.05, 4.69) is 19.4 Å². The summed E-state index contributed by atoms with van der Waals surface area (Å²) in [6, 6.07) is 0. The van der Waals surface area contributed by atoms with Crippen molar-refractivity contribution in [3.63, 3.8) is 0 Å². The molecule has 0 aromatic carbocycles. The quantitative estimate of drug-likeness (QED) is 0.798. The van der Waals surface area contributed by atoms with Crippen molar-refractivity contribution in [3.05, 3.63) is 18.2 Å². The number of imidazole rings is 1. The van der Waals surface area contributed by atoms with Gasteiger partial charge in [-0.25, -0.2) is 4.98 Å². The number of aryl methyl sites for hydroxylation is 1. The largest absolute Gasteiger partial charge is 0.337 e. The Labute approximate surface area is 114 Å². The summed E-state index contributed by atoms with van der Waals surface area (Å²) in [5, 5.41) is 0. The third kappa shape index (κ3) is 2.16. The second-order valence-corrected chi connectivity index (χ2v) is 5.88. The van der Waals surface area contributed by atoms with Crippen LogP contribution in [0.1, 0.15) is 32.0 Å². The molecule has 5 nitrogen and oxygen atoms in total. The van der Waals surface area contributed by atoms with Crippen LogP contribution in [0.25, 0.3) is 0 Å². The van der Waals surface area contributed by atoms with Gasteiger partial charge < -0.3 is 9.47 Å². The molecule has 19 heavy (non-hydrogen) atoms. The Balaban J connectivity index is 1.58. The lowest BCUT2D eigenvalue weighted by atomic mass is 9.76. The second kappa shape index (κ2) is 4.63. The zero-order valence-electron chi connectivity index (χ0n) is 11.8. The van der Waals surface area contributed by atoms with Gasteiger partial charge in [0.25, 0.3) is 0 Å². The van der Waals surface area contributed by atoms with Crippen molar-refractivity contribution in [3.8, 4) is 0 Å². The van der Waals surface area contributed by atoms with Crippen molar-refractivity contribution in [2.45, 2.75) is 38.3 Å². The molecule has 1 spiro atoms. The summed E-state index contributed by atoms with van der Waals surface area (Å²) < 4.78 is 2.08. The third-order valence-electron chi connectivity index (χ3n) is 4.83. The molecule has 1 aromatic heterocycles. The van der Waals surface area contributed by atoms with Gasteiger partial charge in [-0.2, -0.15) is 0 Å². The molecule has 3 heterocycles. The SMILES string of the molecule is CC(=O)N1CCC12CCN(Cc1nccn1C)CC2. The fourth-order valence-electron chi connectivity index (χ4n) is 3.43. The number of aromatic nitrogens is 2. The molecule has 2 fully saturated rings. The third-order valence-corrected chi connectivity index (χ3v) is 4.83. The average molecular weight is 262 g/mol. The molecule has 0 unspecified atom stereocenters. The first-order chi connectivity index (χ1) is 9.11. The lowest BCUT2D eigenvalue weighted by molar-refractivity contribution is -0.149. The molecular formula is C14H22N4O. The molecule has 0 aliphatic carbocycles. The maximum Gasteiger partial charge on any atom is 0.219 e. The maximum atomic E-state index is 11.6. The molecule has 2 aliphatic rings. The number of likely N-dealkylation sites (tertiary alicyclic amines) is 2. The zero-order valence-corrected chi connectivity index (χ0v) is 11.8. The van der Waals surface area contributed by atoms with Crippen LogP contribution in [0.3, 0.4) is 0 Å². The van der Waals surface area contributed by atoms with Crippen molar-refractivity contribution < 1.29 is 4.79 Å². The highest BCUT2D eigenvalue weighted by Crippen LogP contribution is 2.40. The molecule has 0 radical (unpaired) electrons. The number of piperidine rings is 1. The van der Waals surface area contributed by atoms with Gasteiger partial charge >= 0.3 is 0 Å². The summed E-state index contributed by atoms with van der Waals surface area (Å²) in [4.78, 5) is 20.5. The molecule has 2 aliphatic heterocycles. The fraction of sp³-hybridized carbons (Fsp3) is 0.714. The lowest BCUT2D eigenvalue weighted by Gasteiger charge is -2.56. The van der Waals surface area contributed by atoms with Crippen LogP contribution in [-0.2, 0) is 18.4 Å². The molecule has 0 N–H and O–H groups in total. The predicted molar refractivity (Wildman–Crippen MR) is 72.5 cm³/mol. The first kappa shape index (κ1) is 12.7. The summed E-state index contributed by atoms with van der Waals surface area (Å²) >= 11 is 0. The van der Waals surface area contributed by atoms with E-state index in [4.69, 9.17) is 0 Å². The Morgan fingerprint density at radius 2 is 2.00 bits per heavy atom. The van der Waals surface area contributed by atoms with Crippen LogP contribution < -0.4 is 0 Å². The Kier molecular flexibility index (Phi) is 3.09. The molecule has 2 saturated heterocycles. The molecule has 5 heteroatoms. The smallest absolute Gasteiger partial charge is 0.219 e. The van der Waals surface area contributed by atoms with Crippen LogP contribution in [0.4, 0.5) is 0 Å². The predicted octanol–water partition coefficient (Wildman–Crippen LogP) is 1.01. The molecule has 1 aromatic rings. The molecule has 0 saturated carbocycles. The number of hydrogen-bond acceptors (Lipinski definition) is 3. The van der Waals surface area contributed by atoms with E-state index in [1.54, 1.807) is 6.92 Å². The van der Waals surface area contributed by atoms with Gasteiger partial charge in [-0.1, -0.05) is 0 Å². The highest BCUT2D eigenvalue weighted by atomic mass is 16.2. The number of carbonyl (C=O) groups excluding carboxylic acids is 1. The van der Waals surface area contributed by atoms with Crippen molar-refractivity contribution in [2.24, 2.45) is 7.05 Å². The number of rotatable bonds is 2. The van der Waals surface area contributed by atoms with E-state index >= 15 is 0 Å². The van der Waals surface area contributed by atoms with Gasteiger partial charge in [0, 0.05) is 51.5 Å². The Morgan fingerprint density at radius 3 is 2.47 bits per heavy atom. The Hall–Kier alpha value is -1.36. The monoisotopic (exact) mass is 262 g/mol. The van der Waals surface area contributed by atoms with E-state index in [9.17, 15) is 4.79 Å². The number of hydrogen-bond donors (Lipinski definition) is 0. The van der Waals surface area contributed by atoms with Gasteiger partial charge in [-0.3, -0.25) is 9.69 Å². The van der Waals surface area contributed by atoms with E-state index in [-0.39, 0.29) is 11.4 Å². The minimum Gasteiger partial charge on any atom is -0.337 e. The topological polar surface area (TPSA) is 41.4 Å². The molecule has 3 rings (SSSR count). The van der Waals surface area contributed by atoms with Gasteiger partial charge in [-0.15, -0.1) is 0 Å². The van der Waals surface area contributed by atoms with E-state index < -0.39 is 0 Å². The van der Waals surface area contributed by atoms with Crippen molar-refractivity contribution in [1.29, 1.82) is 0 Å². The van der Waals surface area contributed by atoms with Crippen molar-refractivity contribution in [2.75, 3.05) is 19.6 Å². The number of amides is 1. The normalized spacial score (nSPS) is 22.5. The van der Waals surface area contributed by atoms with Crippen LogP contribution in [0.2, 0.25) is 0 Å². The zero-order chi connectivity index (χ0) is 13.5. The molecule has 0 atom stereocenters. The van der Waals surface area contributed by atoms with Gasteiger partial charge in [0.15, 0.2) is 0 Å². The van der Waals surface area contributed by atoms with Gasteiger partial charge in [-0.05, 0) is 19.3 Å². The minimum atomic E-state index is 0.184. The number of carbonyl (C=O) groups is 1. The highest BCUT2D eigenvalue weighted by molar-refractivity contribution is 5.75. The number of nitrogens with zero attached hydrogens (tertiary/aromatic N) is 4. The van der Waals surface area contributed by atoms with Crippen LogP contribution in [-0.4, -0.2) is 50.4 Å². The summed E-state index contributed by atoms with van der Waals surface area (Å²) in [6.07, 6.45) is 7.24. The molecule has 1 amide bonds. The standard InChI is InChI=1S/C14H22N4O/c1-12(19)18-9-5-14(18)3-7-17(8-4-14)11-13-15-6-10-16(13)2/h6,10H,3-5,7-9,11H2,1-2H3.